The van der Waals surface area contributed by atoms with Gasteiger partial charge >= 0.3 is 12.7 Å². The second-order valence-corrected chi connectivity index (χ2v) is 5.72. The third kappa shape index (κ3) is 4.27. The molecule has 0 fully saturated rings. The van der Waals surface area contributed by atoms with Crippen LogP contribution in [0.15, 0.2) is 54.6 Å². The predicted molar refractivity (Wildman–Crippen MR) is 92.7 cm³/mol. The molecule has 0 saturated carbocycles. The van der Waals surface area contributed by atoms with Gasteiger partial charge in [0.1, 0.15) is 11.5 Å². The van der Waals surface area contributed by atoms with Crippen LogP contribution in [0.4, 0.5) is 22.0 Å². The van der Waals surface area contributed by atoms with E-state index in [1.165, 1.54) is 36.4 Å². The summed E-state index contributed by atoms with van der Waals surface area (Å²) in [5.41, 5.74) is -0.386. The van der Waals surface area contributed by atoms with E-state index in [9.17, 15) is 22.0 Å². The Bertz CT molecular complexity index is 958. The highest BCUT2D eigenvalue weighted by molar-refractivity contribution is 5.86. The lowest BCUT2D eigenvalue weighted by atomic mass is 10.1. The Morgan fingerprint density at radius 1 is 0.929 bits per heavy atom. The van der Waals surface area contributed by atoms with Gasteiger partial charge in [0.2, 0.25) is 0 Å². The number of ether oxygens (including phenoxy) is 3. The minimum absolute atomic E-state index is 0.0603. The molecule has 0 bridgehead atoms. The van der Waals surface area contributed by atoms with Gasteiger partial charge in [-0.15, -0.1) is 0 Å². The quantitative estimate of drug-likeness (QED) is 0.450. The number of fused-ring (bicyclic) bond motifs is 1. The first-order valence-electron chi connectivity index (χ1n) is 8.27. The highest BCUT2D eigenvalue weighted by Crippen LogP contribution is 2.35. The van der Waals surface area contributed by atoms with Gasteiger partial charge in [0.05, 0.1) is 12.2 Å². The normalized spacial score (nSPS) is 11.7. The van der Waals surface area contributed by atoms with Crippen LogP contribution in [0.2, 0.25) is 0 Å². The van der Waals surface area contributed by atoms with Gasteiger partial charge in [0, 0.05) is 5.39 Å². The standard InChI is InChI=1S/C20H15F5O3/c1-2-26-14-6-4-13(5-7-14)20(24,25)28-15-8-9-16-12(11-15)3-10-17(18(16)21)27-19(22)23/h3-11,19H,2H2,1H3. The lowest BCUT2D eigenvalue weighted by Crippen LogP contribution is -2.21. The van der Waals surface area contributed by atoms with Crippen molar-refractivity contribution in [2.24, 2.45) is 0 Å². The minimum Gasteiger partial charge on any atom is -0.494 e. The molecule has 0 radical (unpaired) electrons. The van der Waals surface area contributed by atoms with Gasteiger partial charge < -0.3 is 14.2 Å². The van der Waals surface area contributed by atoms with Crippen molar-refractivity contribution in [1.29, 1.82) is 0 Å². The molecule has 0 aliphatic carbocycles. The third-order valence-corrected chi connectivity index (χ3v) is 3.85. The number of halogens is 5. The van der Waals surface area contributed by atoms with E-state index in [2.05, 4.69) is 4.74 Å². The molecular formula is C20H15F5O3. The fraction of sp³-hybridized carbons (Fsp3) is 0.200. The van der Waals surface area contributed by atoms with Crippen molar-refractivity contribution < 1.29 is 36.2 Å². The van der Waals surface area contributed by atoms with Crippen LogP contribution in [0.3, 0.4) is 0 Å². The van der Waals surface area contributed by atoms with Crippen molar-refractivity contribution in [1.82, 2.24) is 0 Å². The van der Waals surface area contributed by atoms with Crippen LogP contribution in [-0.4, -0.2) is 13.2 Å². The van der Waals surface area contributed by atoms with E-state index >= 15 is 0 Å². The van der Waals surface area contributed by atoms with Gasteiger partial charge in [-0.1, -0.05) is 6.07 Å². The van der Waals surface area contributed by atoms with Crippen molar-refractivity contribution in [3.8, 4) is 17.2 Å². The zero-order chi connectivity index (χ0) is 20.3. The summed E-state index contributed by atoms with van der Waals surface area (Å²) < 4.78 is 81.6. The number of hydrogen-bond donors (Lipinski definition) is 0. The maximum atomic E-state index is 14.4. The number of benzene rings is 3. The van der Waals surface area contributed by atoms with Crippen LogP contribution in [0.1, 0.15) is 12.5 Å². The van der Waals surface area contributed by atoms with Crippen LogP contribution < -0.4 is 14.2 Å². The first kappa shape index (κ1) is 19.7. The molecule has 0 aliphatic heterocycles. The monoisotopic (exact) mass is 398 g/mol. The Labute approximate surface area is 157 Å². The van der Waals surface area contributed by atoms with Crippen LogP contribution >= 0.6 is 0 Å². The summed E-state index contributed by atoms with van der Waals surface area (Å²) in [5, 5.41) is 0.133. The Hall–Kier alpha value is -3.03. The molecule has 0 heterocycles. The second-order valence-electron chi connectivity index (χ2n) is 5.72. The third-order valence-electron chi connectivity index (χ3n) is 3.85. The predicted octanol–water partition coefficient (Wildman–Crippen LogP) is 6.11. The van der Waals surface area contributed by atoms with Crippen LogP contribution in [0.5, 0.6) is 17.2 Å². The van der Waals surface area contributed by atoms with Gasteiger partial charge in [-0.25, -0.2) is 4.39 Å². The summed E-state index contributed by atoms with van der Waals surface area (Å²) in [6.07, 6.45) is -3.64. The second kappa shape index (κ2) is 7.92. The Balaban J connectivity index is 1.85. The van der Waals surface area contributed by atoms with E-state index in [4.69, 9.17) is 9.47 Å². The van der Waals surface area contributed by atoms with Gasteiger partial charge in [0.15, 0.2) is 11.6 Å². The van der Waals surface area contributed by atoms with Gasteiger partial charge in [-0.2, -0.15) is 17.6 Å². The summed E-state index contributed by atoms with van der Waals surface area (Å²) in [5.74, 6) is -1.41. The zero-order valence-corrected chi connectivity index (χ0v) is 14.6. The molecule has 0 N–H and O–H groups in total. The van der Waals surface area contributed by atoms with Crippen molar-refractivity contribution in [2.45, 2.75) is 19.6 Å². The molecule has 0 amide bonds. The van der Waals surface area contributed by atoms with E-state index in [0.717, 1.165) is 18.2 Å². The van der Waals surface area contributed by atoms with Gasteiger partial charge in [0.25, 0.3) is 0 Å². The molecule has 8 heteroatoms. The average Bonchev–Trinajstić information content (AvgIpc) is 2.64. The van der Waals surface area contributed by atoms with E-state index in [1.54, 1.807) is 6.92 Å². The first-order valence-corrected chi connectivity index (χ1v) is 8.27. The molecule has 3 rings (SSSR count). The lowest BCUT2D eigenvalue weighted by molar-refractivity contribution is -0.185. The molecule has 0 saturated heterocycles. The highest BCUT2D eigenvalue weighted by Gasteiger charge is 2.34. The average molecular weight is 398 g/mol. The van der Waals surface area contributed by atoms with E-state index in [1.807, 2.05) is 0 Å². The molecule has 0 aromatic heterocycles. The Morgan fingerprint density at radius 2 is 1.61 bits per heavy atom. The van der Waals surface area contributed by atoms with Crippen molar-refractivity contribution in [2.75, 3.05) is 6.61 Å². The minimum atomic E-state index is -3.64. The fourth-order valence-electron chi connectivity index (χ4n) is 2.62. The Morgan fingerprint density at radius 3 is 2.25 bits per heavy atom. The molecule has 0 spiro atoms. The SMILES string of the molecule is CCOc1ccc(C(F)(F)Oc2ccc3c(F)c(OC(F)F)ccc3c2)cc1. The maximum absolute atomic E-state index is 14.4. The number of rotatable bonds is 7. The van der Waals surface area contributed by atoms with Crippen LogP contribution in [0.25, 0.3) is 10.8 Å². The highest BCUT2D eigenvalue weighted by atomic mass is 19.3. The van der Waals surface area contributed by atoms with Crippen molar-refractivity contribution >= 4 is 10.8 Å². The van der Waals surface area contributed by atoms with Crippen molar-refractivity contribution in [3.05, 3.63) is 66.0 Å². The molecule has 3 aromatic rings. The topological polar surface area (TPSA) is 27.7 Å². The van der Waals surface area contributed by atoms with E-state index in [0.29, 0.717) is 12.4 Å². The summed E-state index contributed by atoms with van der Waals surface area (Å²) in [4.78, 5) is 0. The summed E-state index contributed by atoms with van der Waals surface area (Å²) in [7, 11) is 0. The fourth-order valence-corrected chi connectivity index (χ4v) is 2.62. The largest absolute Gasteiger partial charge is 0.494 e. The number of alkyl halides is 4. The smallest absolute Gasteiger partial charge is 0.426 e. The molecular weight excluding hydrogens is 383 g/mol. The van der Waals surface area contributed by atoms with Crippen LogP contribution in [0, 0.1) is 5.82 Å². The maximum Gasteiger partial charge on any atom is 0.426 e. The van der Waals surface area contributed by atoms with E-state index < -0.39 is 24.3 Å². The van der Waals surface area contributed by atoms with E-state index in [-0.39, 0.29) is 22.1 Å². The number of hydrogen-bond acceptors (Lipinski definition) is 3. The van der Waals surface area contributed by atoms with Gasteiger partial charge in [-0.3, -0.25) is 0 Å². The molecule has 3 aromatic carbocycles. The lowest BCUT2D eigenvalue weighted by Gasteiger charge is -2.19. The zero-order valence-electron chi connectivity index (χ0n) is 14.6. The summed E-state index contributed by atoms with van der Waals surface area (Å²) in [6, 6.07) is 10.9. The molecule has 0 aliphatic rings. The molecule has 3 nitrogen and oxygen atoms in total. The van der Waals surface area contributed by atoms with Gasteiger partial charge in [-0.05, 0) is 60.8 Å². The van der Waals surface area contributed by atoms with Crippen LogP contribution in [-0.2, 0) is 6.11 Å². The summed E-state index contributed by atoms with van der Waals surface area (Å²) >= 11 is 0. The first-order chi connectivity index (χ1) is 13.3. The molecule has 0 unspecified atom stereocenters. The van der Waals surface area contributed by atoms with Crippen molar-refractivity contribution in [3.63, 3.8) is 0 Å². The molecule has 148 valence electrons. The molecule has 28 heavy (non-hydrogen) atoms. The molecule has 0 atom stereocenters. The summed E-state index contributed by atoms with van der Waals surface area (Å²) in [6.45, 7) is -0.997. The Kier molecular flexibility index (Phi) is 5.58.